The summed E-state index contributed by atoms with van der Waals surface area (Å²) in [6.07, 6.45) is 2.27. The first-order chi connectivity index (χ1) is 9.95. The first kappa shape index (κ1) is 15.3. The Hall–Kier alpha value is -0.550. The van der Waals surface area contributed by atoms with Crippen molar-refractivity contribution < 1.29 is 10.2 Å². The number of rotatable bonds is 3. The van der Waals surface area contributed by atoms with Crippen molar-refractivity contribution >= 4 is 40.4 Å². The summed E-state index contributed by atoms with van der Waals surface area (Å²) in [6, 6.07) is 3.18. The van der Waals surface area contributed by atoms with Crippen molar-refractivity contribution in [1.29, 1.82) is 0 Å². The minimum absolute atomic E-state index is 0.0775. The lowest BCUT2D eigenvalue weighted by molar-refractivity contribution is 0.0344. The second-order valence-electron chi connectivity index (χ2n) is 5.99. The first-order valence-corrected chi connectivity index (χ1v) is 8.24. The summed E-state index contributed by atoms with van der Waals surface area (Å²) < 4.78 is 0. The van der Waals surface area contributed by atoms with Gasteiger partial charge in [0.1, 0.15) is 5.75 Å². The van der Waals surface area contributed by atoms with Gasteiger partial charge in [-0.1, -0.05) is 35.4 Å². The second kappa shape index (κ2) is 5.92. The second-order valence-corrected chi connectivity index (χ2v) is 7.24. The molecule has 1 heterocycles. The SMILES string of the molecule is Oc1ccc(Cl)c(Cl)c1C1CC(=S)N(CC2CC(O)C2)C1. The van der Waals surface area contributed by atoms with Gasteiger partial charge in [-0.3, -0.25) is 0 Å². The molecule has 1 saturated heterocycles. The van der Waals surface area contributed by atoms with Gasteiger partial charge in [-0.25, -0.2) is 0 Å². The standard InChI is InChI=1S/C15H17Cl2NO2S/c16-11-1-2-12(20)14(15(11)17)9-5-13(21)18(7-9)6-8-3-10(19)4-8/h1-2,8-10,19-20H,3-7H2. The topological polar surface area (TPSA) is 43.7 Å². The Balaban J connectivity index is 1.74. The van der Waals surface area contributed by atoms with E-state index in [-0.39, 0.29) is 17.8 Å². The maximum Gasteiger partial charge on any atom is 0.120 e. The fourth-order valence-corrected chi connectivity index (χ4v) is 4.08. The molecule has 2 aliphatic rings. The monoisotopic (exact) mass is 345 g/mol. The summed E-state index contributed by atoms with van der Waals surface area (Å²) in [6.45, 7) is 1.63. The fourth-order valence-electron chi connectivity index (χ4n) is 3.25. The van der Waals surface area contributed by atoms with Crippen LogP contribution in [0.3, 0.4) is 0 Å². The van der Waals surface area contributed by atoms with Crippen molar-refractivity contribution in [2.24, 2.45) is 5.92 Å². The van der Waals surface area contributed by atoms with Gasteiger partial charge in [0, 0.05) is 31.0 Å². The number of nitrogens with zero attached hydrogens (tertiary/aromatic N) is 1. The van der Waals surface area contributed by atoms with Crippen LogP contribution in [0.15, 0.2) is 12.1 Å². The van der Waals surface area contributed by atoms with E-state index >= 15 is 0 Å². The first-order valence-electron chi connectivity index (χ1n) is 7.08. The van der Waals surface area contributed by atoms with Crippen molar-refractivity contribution in [2.75, 3.05) is 13.1 Å². The van der Waals surface area contributed by atoms with E-state index in [0.717, 1.165) is 30.9 Å². The third-order valence-electron chi connectivity index (χ3n) is 4.42. The molecular weight excluding hydrogens is 329 g/mol. The molecule has 3 rings (SSSR count). The van der Waals surface area contributed by atoms with Gasteiger partial charge in [-0.15, -0.1) is 0 Å². The number of aromatic hydroxyl groups is 1. The number of phenols is 1. The van der Waals surface area contributed by atoms with Gasteiger partial charge in [0.25, 0.3) is 0 Å². The molecule has 1 saturated carbocycles. The Labute approximate surface area is 139 Å². The summed E-state index contributed by atoms with van der Waals surface area (Å²) in [7, 11) is 0. The Kier molecular flexibility index (Phi) is 4.33. The van der Waals surface area contributed by atoms with E-state index in [0.29, 0.717) is 27.9 Å². The van der Waals surface area contributed by atoms with Gasteiger partial charge < -0.3 is 15.1 Å². The molecule has 0 spiro atoms. The fraction of sp³-hybridized carbons (Fsp3) is 0.533. The van der Waals surface area contributed by atoms with Gasteiger partial charge in [-0.2, -0.15) is 0 Å². The molecule has 0 radical (unpaired) electrons. The van der Waals surface area contributed by atoms with Gasteiger partial charge in [0.05, 0.1) is 21.1 Å². The molecule has 0 amide bonds. The summed E-state index contributed by atoms with van der Waals surface area (Å²) >= 11 is 17.8. The number of thiocarbonyl (C=S) groups is 1. The average Bonchev–Trinajstić information content (AvgIpc) is 2.74. The zero-order valence-corrected chi connectivity index (χ0v) is 13.8. The number of hydrogen-bond acceptors (Lipinski definition) is 3. The highest BCUT2D eigenvalue weighted by atomic mass is 35.5. The van der Waals surface area contributed by atoms with E-state index in [1.807, 2.05) is 0 Å². The minimum atomic E-state index is -0.145. The summed E-state index contributed by atoms with van der Waals surface area (Å²) in [5.74, 6) is 0.770. The highest BCUT2D eigenvalue weighted by Crippen LogP contribution is 2.42. The molecule has 3 nitrogen and oxygen atoms in total. The Morgan fingerprint density at radius 1 is 1.29 bits per heavy atom. The third-order valence-corrected chi connectivity index (χ3v) is 5.67. The maximum atomic E-state index is 10.1. The molecule has 0 bridgehead atoms. The lowest BCUT2D eigenvalue weighted by atomic mass is 9.82. The van der Waals surface area contributed by atoms with Gasteiger partial charge >= 0.3 is 0 Å². The molecule has 2 N–H and O–H groups in total. The molecule has 2 fully saturated rings. The number of likely N-dealkylation sites (tertiary alicyclic amines) is 1. The number of benzene rings is 1. The lowest BCUT2D eigenvalue weighted by Crippen LogP contribution is -2.38. The summed E-state index contributed by atoms with van der Waals surface area (Å²) in [5.41, 5.74) is 0.697. The van der Waals surface area contributed by atoms with Crippen LogP contribution in [0, 0.1) is 5.92 Å². The maximum absolute atomic E-state index is 10.1. The van der Waals surface area contributed by atoms with Crippen LogP contribution < -0.4 is 0 Å². The molecule has 114 valence electrons. The smallest absolute Gasteiger partial charge is 0.120 e. The predicted octanol–water partition coefficient (Wildman–Crippen LogP) is 3.59. The van der Waals surface area contributed by atoms with Crippen LogP contribution in [-0.2, 0) is 0 Å². The van der Waals surface area contributed by atoms with Crippen LogP contribution in [0.1, 0.15) is 30.7 Å². The van der Waals surface area contributed by atoms with Crippen molar-refractivity contribution in [1.82, 2.24) is 4.90 Å². The zero-order chi connectivity index (χ0) is 15.1. The molecule has 1 aromatic carbocycles. The van der Waals surface area contributed by atoms with Gasteiger partial charge in [0.2, 0.25) is 0 Å². The largest absolute Gasteiger partial charge is 0.508 e. The zero-order valence-electron chi connectivity index (χ0n) is 11.4. The average molecular weight is 346 g/mol. The van der Waals surface area contributed by atoms with Crippen molar-refractivity contribution in [2.45, 2.75) is 31.3 Å². The summed E-state index contributed by atoms with van der Waals surface area (Å²) in [5, 5.41) is 20.3. The third kappa shape index (κ3) is 3.00. The highest BCUT2D eigenvalue weighted by Gasteiger charge is 2.35. The molecule has 6 heteroatoms. The van der Waals surface area contributed by atoms with Crippen LogP contribution in [0.2, 0.25) is 10.0 Å². The van der Waals surface area contributed by atoms with Crippen molar-refractivity contribution in [3.05, 3.63) is 27.7 Å². The van der Waals surface area contributed by atoms with E-state index in [9.17, 15) is 10.2 Å². The summed E-state index contributed by atoms with van der Waals surface area (Å²) in [4.78, 5) is 3.07. The van der Waals surface area contributed by atoms with Crippen LogP contribution in [0.5, 0.6) is 5.75 Å². The molecule has 21 heavy (non-hydrogen) atoms. The van der Waals surface area contributed by atoms with Crippen LogP contribution >= 0.6 is 35.4 Å². The Bertz CT molecular complexity index is 575. The van der Waals surface area contributed by atoms with E-state index in [4.69, 9.17) is 35.4 Å². The van der Waals surface area contributed by atoms with E-state index in [1.54, 1.807) is 12.1 Å². The van der Waals surface area contributed by atoms with Crippen molar-refractivity contribution in [3.63, 3.8) is 0 Å². The lowest BCUT2D eigenvalue weighted by Gasteiger charge is -2.35. The number of hydrogen-bond donors (Lipinski definition) is 2. The van der Waals surface area contributed by atoms with E-state index in [2.05, 4.69) is 4.90 Å². The molecular formula is C15H17Cl2NO2S. The number of aliphatic hydroxyl groups is 1. The molecule has 1 unspecified atom stereocenters. The molecule has 1 atom stereocenters. The quantitative estimate of drug-likeness (QED) is 0.821. The number of aliphatic hydroxyl groups excluding tert-OH is 1. The Morgan fingerprint density at radius 2 is 2.00 bits per heavy atom. The predicted molar refractivity (Wildman–Crippen MR) is 88.4 cm³/mol. The molecule has 1 aliphatic heterocycles. The van der Waals surface area contributed by atoms with E-state index in [1.165, 1.54) is 0 Å². The van der Waals surface area contributed by atoms with E-state index < -0.39 is 0 Å². The normalized spacial score (nSPS) is 28.8. The molecule has 1 aromatic rings. The highest BCUT2D eigenvalue weighted by molar-refractivity contribution is 7.80. The molecule has 1 aliphatic carbocycles. The Morgan fingerprint density at radius 3 is 2.67 bits per heavy atom. The van der Waals surface area contributed by atoms with Crippen molar-refractivity contribution in [3.8, 4) is 5.75 Å². The van der Waals surface area contributed by atoms with Crippen LogP contribution in [0.4, 0.5) is 0 Å². The van der Waals surface area contributed by atoms with Gasteiger partial charge in [-0.05, 0) is 30.9 Å². The van der Waals surface area contributed by atoms with Crippen LogP contribution in [0.25, 0.3) is 0 Å². The molecule has 0 aromatic heterocycles. The van der Waals surface area contributed by atoms with Crippen LogP contribution in [-0.4, -0.2) is 39.3 Å². The van der Waals surface area contributed by atoms with Gasteiger partial charge in [0.15, 0.2) is 0 Å². The number of phenolic OH excluding ortho intramolecular Hbond substituents is 1. The number of halogens is 2. The minimum Gasteiger partial charge on any atom is -0.508 e.